The van der Waals surface area contributed by atoms with Crippen molar-refractivity contribution in [2.45, 2.75) is 18.2 Å². The Kier molecular flexibility index (Phi) is 4.07. The molecule has 2 rings (SSSR count). The van der Waals surface area contributed by atoms with Crippen molar-refractivity contribution in [1.82, 2.24) is 4.31 Å². The van der Waals surface area contributed by atoms with Crippen LogP contribution in [-0.2, 0) is 10.0 Å². The van der Waals surface area contributed by atoms with Gasteiger partial charge in [0, 0.05) is 13.1 Å². The molecule has 1 aromatic rings. The van der Waals surface area contributed by atoms with Crippen LogP contribution in [-0.4, -0.2) is 32.4 Å². The summed E-state index contributed by atoms with van der Waals surface area (Å²) < 4.78 is 26.6. The fourth-order valence-electron chi connectivity index (χ4n) is 2.27. The quantitative estimate of drug-likeness (QED) is 0.917. The number of nitriles is 1. The first-order valence-electron chi connectivity index (χ1n) is 6.22. The van der Waals surface area contributed by atoms with Crippen molar-refractivity contribution in [3.05, 3.63) is 28.8 Å². The molecule has 0 spiro atoms. The molecule has 0 aromatic heterocycles. The molecule has 1 aliphatic rings. The lowest BCUT2D eigenvalue weighted by atomic mass is 9.90. The van der Waals surface area contributed by atoms with E-state index in [4.69, 9.17) is 22.6 Å². The Morgan fingerprint density at radius 3 is 2.75 bits per heavy atom. The average Bonchev–Trinajstić information content (AvgIpc) is 2.82. The van der Waals surface area contributed by atoms with Gasteiger partial charge in [-0.2, -0.15) is 9.57 Å². The van der Waals surface area contributed by atoms with Crippen LogP contribution in [0, 0.1) is 16.7 Å². The van der Waals surface area contributed by atoms with Crippen LogP contribution in [0.5, 0.6) is 0 Å². The molecule has 0 bridgehead atoms. The van der Waals surface area contributed by atoms with Gasteiger partial charge in [-0.1, -0.05) is 18.5 Å². The molecule has 0 saturated carbocycles. The molecule has 1 atom stereocenters. The van der Waals surface area contributed by atoms with Gasteiger partial charge in [-0.05, 0) is 36.6 Å². The minimum absolute atomic E-state index is 0.0411. The Balaban J connectivity index is 2.35. The predicted octanol–water partition coefficient (Wildman–Crippen LogP) is 1.57. The summed E-state index contributed by atoms with van der Waals surface area (Å²) in [4.78, 5) is 0.0411. The molecule has 2 N–H and O–H groups in total. The van der Waals surface area contributed by atoms with Crippen molar-refractivity contribution in [3.63, 3.8) is 0 Å². The minimum Gasteiger partial charge on any atom is -0.330 e. The minimum atomic E-state index is -3.64. The standard InChI is InChI=1S/C13H16ClN3O2S/c1-13(8-16)4-5-17(9-13)20(18,19)12-3-2-10(7-15)6-11(12)14/h2-3,6H,4-5,8-9,16H2,1H3. The largest absolute Gasteiger partial charge is 0.330 e. The smallest absolute Gasteiger partial charge is 0.244 e. The molecule has 1 aliphatic heterocycles. The Labute approximate surface area is 124 Å². The van der Waals surface area contributed by atoms with E-state index in [9.17, 15) is 8.42 Å². The third-order valence-electron chi connectivity index (χ3n) is 3.69. The second-order valence-corrected chi connectivity index (χ2v) is 7.67. The lowest BCUT2D eigenvalue weighted by Crippen LogP contribution is -2.34. The molecule has 1 aromatic carbocycles. The van der Waals surface area contributed by atoms with E-state index in [2.05, 4.69) is 0 Å². The highest BCUT2D eigenvalue weighted by molar-refractivity contribution is 7.89. The second-order valence-electron chi connectivity index (χ2n) is 5.36. The van der Waals surface area contributed by atoms with Gasteiger partial charge < -0.3 is 5.73 Å². The van der Waals surface area contributed by atoms with Gasteiger partial charge in [-0.3, -0.25) is 0 Å². The monoisotopic (exact) mass is 313 g/mol. The van der Waals surface area contributed by atoms with Crippen molar-refractivity contribution in [1.29, 1.82) is 5.26 Å². The van der Waals surface area contributed by atoms with Crippen LogP contribution in [0.4, 0.5) is 0 Å². The first-order valence-corrected chi connectivity index (χ1v) is 8.04. The van der Waals surface area contributed by atoms with E-state index in [1.165, 1.54) is 22.5 Å². The third kappa shape index (κ3) is 2.67. The van der Waals surface area contributed by atoms with Gasteiger partial charge in [-0.25, -0.2) is 8.42 Å². The number of rotatable bonds is 3. The number of sulfonamides is 1. The molecular weight excluding hydrogens is 298 g/mol. The summed E-state index contributed by atoms with van der Waals surface area (Å²) in [7, 11) is -3.64. The maximum atomic E-state index is 12.6. The predicted molar refractivity (Wildman–Crippen MR) is 76.7 cm³/mol. The van der Waals surface area contributed by atoms with Crippen molar-refractivity contribution in [2.24, 2.45) is 11.1 Å². The highest BCUT2D eigenvalue weighted by atomic mass is 35.5. The molecule has 5 nitrogen and oxygen atoms in total. The van der Waals surface area contributed by atoms with E-state index in [1.807, 2.05) is 13.0 Å². The first-order chi connectivity index (χ1) is 9.32. The van der Waals surface area contributed by atoms with Crippen LogP contribution in [0.3, 0.4) is 0 Å². The van der Waals surface area contributed by atoms with E-state index < -0.39 is 10.0 Å². The third-order valence-corrected chi connectivity index (χ3v) is 6.02. The van der Waals surface area contributed by atoms with Gasteiger partial charge in [0.1, 0.15) is 4.90 Å². The fraction of sp³-hybridized carbons (Fsp3) is 0.462. The van der Waals surface area contributed by atoms with Crippen LogP contribution in [0.1, 0.15) is 18.9 Å². The van der Waals surface area contributed by atoms with Crippen molar-refractivity contribution >= 4 is 21.6 Å². The molecule has 0 amide bonds. The maximum Gasteiger partial charge on any atom is 0.244 e. The Morgan fingerprint density at radius 2 is 2.25 bits per heavy atom. The molecule has 1 heterocycles. The molecule has 7 heteroatoms. The highest BCUT2D eigenvalue weighted by Gasteiger charge is 2.39. The zero-order chi connectivity index (χ0) is 15.0. The molecule has 1 unspecified atom stereocenters. The summed E-state index contributed by atoms with van der Waals surface area (Å²) in [6.45, 7) is 3.25. The maximum absolute atomic E-state index is 12.6. The Morgan fingerprint density at radius 1 is 1.55 bits per heavy atom. The van der Waals surface area contributed by atoms with E-state index in [-0.39, 0.29) is 15.3 Å². The molecular formula is C13H16ClN3O2S. The summed E-state index contributed by atoms with van der Waals surface area (Å²) >= 11 is 5.99. The molecule has 1 fully saturated rings. The molecule has 108 valence electrons. The number of hydrogen-bond acceptors (Lipinski definition) is 4. The summed E-state index contributed by atoms with van der Waals surface area (Å²) in [6, 6.07) is 6.14. The fourth-order valence-corrected chi connectivity index (χ4v) is 4.38. The van der Waals surface area contributed by atoms with Gasteiger partial charge in [-0.15, -0.1) is 0 Å². The molecule has 0 aliphatic carbocycles. The number of benzene rings is 1. The van der Waals surface area contributed by atoms with E-state index in [0.29, 0.717) is 25.2 Å². The molecule has 1 saturated heterocycles. The SMILES string of the molecule is CC1(CN)CCN(S(=O)(=O)c2ccc(C#N)cc2Cl)C1. The Hall–Kier alpha value is -1.13. The lowest BCUT2D eigenvalue weighted by Gasteiger charge is -2.22. The molecule has 0 radical (unpaired) electrons. The Bertz CT molecular complexity index is 669. The van der Waals surface area contributed by atoms with Gasteiger partial charge >= 0.3 is 0 Å². The summed E-state index contributed by atoms with van der Waals surface area (Å²) in [5.74, 6) is 0. The summed E-state index contributed by atoms with van der Waals surface area (Å²) in [5, 5.41) is 8.86. The van der Waals surface area contributed by atoms with Crippen LogP contribution in [0.15, 0.2) is 23.1 Å². The topological polar surface area (TPSA) is 87.2 Å². The number of nitrogens with zero attached hydrogens (tertiary/aromatic N) is 2. The van der Waals surface area contributed by atoms with Crippen molar-refractivity contribution in [2.75, 3.05) is 19.6 Å². The van der Waals surface area contributed by atoms with Gasteiger partial charge in [0.2, 0.25) is 10.0 Å². The van der Waals surface area contributed by atoms with Crippen LogP contribution in [0.2, 0.25) is 5.02 Å². The zero-order valence-corrected chi connectivity index (χ0v) is 12.7. The summed E-state index contributed by atoms with van der Waals surface area (Å²) in [6.07, 6.45) is 0.733. The summed E-state index contributed by atoms with van der Waals surface area (Å²) in [5.41, 5.74) is 5.84. The van der Waals surface area contributed by atoms with Gasteiger partial charge in [0.15, 0.2) is 0 Å². The van der Waals surface area contributed by atoms with E-state index in [1.54, 1.807) is 0 Å². The van der Waals surface area contributed by atoms with Crippen molar-refractivity contribution in [3.8, 4) is 6.07 Å². The van der Waals surface area contributed by atoms with E-state index >= 15 is 0 Å². The van der Waals surface area contributed by atoms with Crippen LogP contribution in [0.25, 0.3) is 0 Å². The average molecular weight is 314 g/mol. The van der Waals surface area contributed by atoms with Crippen LogP contribution >= 0.6 is 11.6 Å². The van der Waals surface area contributed by atoms with E-state index in [0.717, 1.165) is 6.42 Å². The number of nitrogens with two attached hydrogens (primary N) is 1. The molecule has 20 heavy (non-hydrogen) atoms. The number of hydrogen-bond donors (Lipinski definition) is 1. The normalized spacial score (nSPS) is 23.7. The first kappa shape index (κ1) is 15.3. The highest BCUT2D eigenvalue weighted by Crippen LogP contribution is 2.34. The lowest BCUT2D eigenvalue weighted by molar-refractivity contribution is 0.349. The van der Waals surface area contributed by atoms with Gasteiger partial charge in [0.05, 0.1) is 16.7 Å². The number of halogens is 1. The van der Waals surface area contributed by atoms with Crippen molar-refractivity contribution < 1.29 is 8.42 Å². The van der Waals surface area contributed by atoms with Crippen LogP contribution < -0.4 is 5.73 Å². The zero-order valence-electron chi connectivity index (χ0n) is 11.1. The van der Waals surface area contributed by atoms with Gasteiger partial charge in [0.25, 0.3) is 0 Å². The second kappa shape index (κ2) is 5.34.